The van der Waals surface area contributed by atoms with Gasteiger partial charge in [0.2, 0.25) is 5.91 Å². The first-order valence-corrected chi connectivity index (χ1v) is 11.0. The van der Waals surface area contributed by atoms with Crippen molar-refractivity contribution < 1.29 is 22.2 Å². The van der Waals surface area contributed by atoms with Crippen LogP contribution in [0.5, 0.6) is 0 Å². The summed E-state index contributed by atoms with van der Waals surface area (Å²) in [4.78, 5) is 11.4. The molecule has 0 radical (unpaired) electrons. The Balaban J connectivity index is 4.95. The number of carbonyl (C=O) groups is 1. The molecule has 0 aliphatic heterocycles. The van der Waals surface area contributed by atoms with Gasteiger partial charge < -0.3 is 14.4 Å². The van der Waals surface area contributed by atoms with Crippen molar-refractivity contribution in [1.82, 2.24) is 5.32 Å². The van der Waals surface area contributed by atoms with Crippen LogP contribution in [0.3, 0.4) is 0 Å². The first-order valence-electron chi connectivity index (χ1n) is 9.39. The van der Waals surface area contributed by atoms with E-state index in [4.69, 9.17) is 0 Å². The lowest BCUT2D eigenvalue weighted by atomic mass is 10.1. The smallest absolute Gasteiger partial charge is 0.243 e. The van der Waals surface area contributed by atoms with Crippen LogP contribution in [0.4, 0.5) is 0 Å². The van der Waals surface area contributed by atoms with Crippen molar-refractivity contribution in [3.8, 4) is 0 Å². The number of unbranched alkanes of at least 4 members (excludes halogenated alkanes) is 2. The Bertz CT molecular complexity index is 483. The summed E-state index contributed by atoms with van der Waals surface area (Å²) in [6, 6.07) is 0.0366. The van der Waals surface area contributed by atoms with Crippen LogP contribution in [-0.4, -0.2) is 61.3 Å². The minimum absolute atomic E-state index is 0.0366. The molecule has 1 unspecified atom stereocenters. The molecule has 1 N–H and O–H groups in total. The molecular weight excluding hydrogens is 340 g/mol. The maximum Gasteiger partial charge on any atom is 0.243 e. The number of nitrogens with one attached hydrogen (secondary N) is 1. The molecule has 0 aliphatic rings. The summed E-state index contributed by atoms with van der Waals surface area (Å²) in [6.45, 7) is 13.3. The average molecular weight is 377 g/mol. The van der Waals surface area contributed by atoms with Crippen molar-refractivity contribution in [3.63, 3.8) is 0 Å². The fourth-order valence-electron chi connectivity index (χ4n) is 3.08. The Labute approximate surface area is 154 Å². The zero-order valence-electron chi connectivity index (χ0n) is 16.1. The summed E-state index contributed by atoms with van der Waals surface area (Å²) < 4.78 is 33.7. The minimum atomic E-state index is -4.17. The highest BCUT2D eigenvalue weighted by atomic mass is 32.2. The van der Waals surface area contributed by atoms with Crippen molar-refractivity contribution in [1.29, 1.82) is 0 Å². The molecule has 0 bridgehead atoms. The zero-order chi connectivity index (χ0) is 19.3. The molecule has 0 aliphatic carbocycles. The summed E-state index contributed by atoms with van der Waals surface area (Å²) in [6.07, 6.45) is 6.78. The van der Waals surface area contributed by atoms with Gasteiger partial charge >= 0.3 is 0 Å². The van der Waals surface area contributed by atoms with E-state index in [1.165, 1.54) is 6.08 Å². The largest absolute Gasteiger partial charge is 0.748 e. The lowest BCUT2D eigenvalue weighted by Gasteiger charge is -2.40. The van der Waals surface area contributed by atoms with E-state index in [1.54, 1.807) is 0 Å². The molecular formula is C18H36N2O4S. The van der Waals surface area contributed by atoms with Gasteiger partial charge in [0, 0.05) is 24.6 Å². The topological polar surface area (TPSA) is 86.3 Å². The maximum atomic E-state index is 11.4. The van der Waals surface area contributed by atoms with E-state index < -0.39 is 10.1 Å². The molecule has 0 aromatic carbocycles. The normalized spacial score (nSPS) is 13.4. The van der Waals surface area contributed by atoms with Gasteiger partial charge in [-0.25, -0.2) is 8.42 Å². The predicted octanol–water partition coefficient (Wildman–Crippen LogP) is 2.42. The molecule has 0 heterocycles. The fourth-order valence-corrected chi connectivity index (χ4v) is 3.56. The van der Waals surface area contributed by atoms with Crippen LogP contribution >= 0.6 is 0 Å². The molecule has 0 saturated carbocycles. The summed E-state index contributed by atoms with van der Waals surface area (Å²) in [5, 5.41) is 2.88. The van der Waals surface area contributed by atoms with Gasteiger partial charge in [-0.1, -0.05) is 33.3 Å². The van der Waals surface area contributed by atoms with Gasteiger partial charge in [-0.05, 0) is 25.8 Å². The SMILES string of the molecule is C=CC(=O)NC(C)CC[N+](CCCC)(CCCC)CCCS(=O)(=O)[O-]. The van der Waals surface area contributed by atoms with Crippen molar-refractivity contribution in [2.75, 3.05) is 31.9 Å². The average Bonchev–Trinajstić information content (AvgIpc) is 2.54. The van der Waals surface area contributed by atoms with E-state index in [-0.39, 0.29) is 17.7 Å². The molecule has 1 amide bonds. The zero-order valence-corrected chi connectivity index (χ0v) is 16.9. The third-order valence-corrected chi connectivity index (χ3v) is 5.40. The third kappa shape index (κ3) is 12.1. The molecule has 25 heavy (non-hydrogen) atoms. The Morgan fingerprint density at radius 2 is 1.64 bits per heavy atom. The number of quaternary nitrogens is 1. The van der Waals surface area contributed by atoms with Gasteiger partial charge in [-0.2, -0.15) is 0 Å². The molecule has 0 aromatic rings. The number of amides is 1. The van der Waals surface area contributed by atoms with Gasteiger partial charge in [0.1, 0.15) is 0 Å². The maximum absolute atomic E-state index is 11.4. The molecule has 0 fully saturated rings. The molecule has 7 heteroatoms. The summed E-state index contributed by atoms with van der Waals surface area (Å²) >= 11 is 0. The molecule has 0 saturated heterocycles. The summed E-state index contributed by atoms with van der Waals surface area (Å²) in [5.41, 5.74) is 0. The van der Waals surface area contributed by atoms with Crippen LogP contribution in [0.2, 0.25) is 0 Å². The van der Waals surface area contributed by atoms with Crippen LogP contribution in [0.15, 0.2) is 12.7 Å². The lowest BCUT2D eigenvalue weighted by molar-refractivity contribution is -0.929. The molecule has 1 atom stereocenters. The highest BCUT2D eigenvalue weighted by molar-refractivity contribution is 7.85. The van der Waals surface area contributed by atoms with Crippen molar-refractivity contribution in [2.45, 2.75) is 65.3 Å². The summed E-state index contributed by atoms with van der Waals surface area (Å²) in [7, 11) is -4.17. The van der Waals surface area contributed by atoms with Crippen LogP contribution < -0.4 is 5.32 Å². The molecule has 0 rings (SSSR count). The highest BCUT2D eigenvalue weighted by Crippen LogP contribution is 2.16. The fraction of sp³-hybridized carbons (Fsp3) is 0.833. The lowest BCUT2D eigenvalue weighted by Crippen LogP contribution is -2.52. The number of nitrogens with zero attached hydrogens (tertiary/aromatic N) is 1. The van der Waals surface area contributed by atoms with E-state index >= 15 is 0 Å². The quantitative estimate of drug-likeness (QED) is 0.270. The molecule has 6 nitrogen and oxygen atoms in total. The Kier molecular flexibility index (Phi) is 12.0. The Morgan fingerprint density at radius 3 is 2.08 bits per heavy atom. The van der Waals surface area contributed by atoms with E-state index in [0.29, 0.717) is 13.0 Å². The standard InChI is InChI=1S/C18H36N2O4S/c1-5-8-12-20(13-9-6-2,14-10-16-25(22,23)24)15-11-17(4)19-18(21)7-3/h7,17H,3,5-6,8-16H2,1-2,4H3,(H-,19,21,22,23,24). The van der Waals surface area contributed by atoms with E-state index in [9.17, 15) is 17.8 Å². The Morgan fingerprint density at radius 1 is 1.12 bits per heavy atom. The number of carbonyl (C=O) groups excluding carboxylic acids is 1. The molecule has 0 aromatic heterocycles. The Hall–Kier alpha value is -0.920. The predicted molar refractivity (Wildman–Crippen MR) is 101 cm³/mol. The van der Waals surface area contributed by atoms with E-state index in [2.05, 4.69) is 25.7 Å². The van der Waals surface area contributed by atoms with Gasteiger partial charge in [0.05, 0.1) is 36.3 Å². The van der Waals surface area contributed by atoms with E-state index in [0.717, 1.165) is 56.2 Å². The second-order valence-corrected chi connectivity index (χ2v) is 8.48. The van der Waals surface area contributed by atoms with Crippen molar-refractivity contribution in [3.05, 3.63) is 12.7 Å². The van der Waals surface area contributed by atoms with Crippen LogP contribution in [0, 0.1) is 0 Å². The second-order valence-electron chi connectivity index (χ2n) is 6.96. The number of hydrogen-bond donors (Lipinski definition) is 1. The molecule has 148 valence electrons. The third-order valence-electron chi connectivity index (χ3n) is 4.61. The second kappa shape index (κ2) is 12.4. The highest BCUT2D eigenvalue weighted by Gasteiger charge is 2.27. The number of rotatable bonds is 15. The van der Waals surface area contributed by atoms with Gasteiger partial charge in [-0.15, -0.1) is 0 Å². The summed E-state index contributed by atoms with van der Waals surface area (Å²) in [5.74, 6) is -0.473. The minimum Gasteiger partial charge on any atom is -0.748 e. The monoisotopic (exact) mass is 376 g/mol. The van der Waals surface area contributed by atoms with Gasteiger partial charge in [0.25, 0.3) is 0 Å². The van der Waals surface area contributed by atoms with Crippen molar-refractivity contribution >= 4 is 16.0 Å². The van der Waals surface area contributed by atoms with Gasteiger partial charge in [-0.3, -0.25) is 4.79 Å². The van der Waals surface area contributed by atoms with Crippen LogP contribution in [-0.2, 0) is 14.9 Å². The van der Waals surface area contributed by atoms with Crippen molar-refractivity contribution in [2.24, 2.45) is 0 Å². The first kappa shape index (κ1) is 24.1. The van der Waals surface area contributed by atoms with Crippen LogP contribution in [0.1, 0.15) is 59.3 Å². The van der Waals surface area contributed by atoms with Gasteiger partial charge in [0.15, 0.2) is 0 Å². The number of hydrogen-bond acceptors (Lipinski definition) is 4. The first-order chi connectivity index (χ1) is 11.7. The van der Waals surface area contributed by atoms with E-state index in [1.807, 2.05) is 6.92 Å². The molecule has 0 spiro atoms. The van der Waals surface area contributed by atoms with Crippen LogP contribution in [0.25, 0.3) is 0 Å².